The molecule has 3 aromatic rings. The van der Waals surface area contributed by atoms with Crippen LogP contribution in [0, 0.1) is 12.8 Å². The SMILES string of the molecule is Cc1oc(-c2ccc(Cl)cc2)nc1CN1CCC[C@@H](C(=O)NCc2ccc(Cl)cc2)C1. The molecule has 1 aliphatic heterocycles. The molecule has 2 aromatic carbocycles. The predicted molar refractivity (Wildman–Crippen MR) is 123 cm³/mol. The number of nitrogens with zero attached hydrogens (tertiary/aromatic N) is 2. The number of oxazole rings is 1. The molecule has 31 heavy (non-hydrogen) atoms. The Labute approximate surface area is 192 Å². The van der Waals surface area contributed by atoms with Crippen LogP contribution in [-0.2, 0) is 17.9 Å². The number of hydrogen-bond acceptors (Lipinski definition) is 4. The Morgan fingerprint density at radius 3 is 2.52 bits per heavy atom. The van der Waals surface area contributed by atoms with Gasteiger partial charge in [0.15, 0.2) is 0 Å². The number of rotatable bonds is 6. The number of aromatic nitrogens is 1. The van der Waals surface area contributed by atoms with Crippen molar-refractivity contribution in [3.63, 3.8) is 0 Å². The van der Waals surface area contributed by atoms with Crippen molar-refractivity contribution in [2.45, 2.75) is 32.9 Å². The molecule has 1 atom stereocenters. The summed E-state index contributed by atoms with van der Waals surface area (Å²) in [5, 5.41) is 4.44. The fourth-order valence-corrected chi connectivity index (χ4v) is 4.10. The minimum Gasteiger partial charge on any atom is -0.441 e. The topological polar surface area (TPSA) is 58.4 Å². The van der Waals surface area contributed by atoms with Crippen LogP contribution < -0.4 is 5.32 Å². The van der Waals surface area contributed by atoms with Crippen LogP contribution in [0.5, 0.6) is 0 Å². The summed E-state index contributed by atoms with van der Waals surface area (Å²) in [5.74, 6) is 1.47. The van der Waals surface area contributed by atoms with Crippen LogP contribution >= 0.6 is 23.2 Å². The van der Waals surface area contributed by atoms with Crippen molar-refractivity contribution in [1.82, 2.24) is 15.2 Å². The molecule has 0 aliphatic carbocycles. The molecule has 0 unspecified atom stereocenters. The number of carbonyl (C=O) groups is 1. The van der Waals surface area contributed by atoms with E-state index in [1.165, 1.54) is 0 Å². The van der Waals surface area contributed by atoms with E-state index in [-0.39, 0.29) is 11.8 Å². The Balaban J connectivity index is 1.35. The third-order valence-electron chi connectivity index (χ3n) is 5.61. The van der Waals surface area contributed by atoms with Gasteiger partial charge in [0.25, 0.3) is 0 Å². The standard InChI is InChI=1S/C24H25Cl2N3O2/c1-16-22(28-24(31-16)18-6-10-21(26)11-7-18)15-29-12-2-3-19(14-29)23(30)27-13-17-4-8-20(25)9-5-17/h4-11,19H,2-3,12-15H2,1H3,(H,27,30)/t19-/m1/s1. The molecule has 1 aliphatic rings. The van der Waals surface area contributed by atoms with Gasteiger partial charge in [-0.15, -0.1) is 0 Å². The second kappa shape index (κ2) is 9.86. The van der Waals surface area contributed by atoms with Crippen LogP contribution in [0.3, 0.4) is 0 Å². The van der Waals surface area contributed by atoms with Crippen LogP contribution in [0.2, 0.25) is 10.0 Å². The van der Waals surface area contributed by atoms with Gasteiger partial charge < -0.3 is 9.73 Å². The number of carbonyl (C=O) groups excluding carboxylic acids is 1. The minimum absolute atomic E-state index is 0.0241. The fraction of sp³-hybridized carbons (Fsp3) is 0.333. The molecule has 0 bridgehead atoms. The van der Waals surface area contributed by atoms with Gasteiger partial charge in [0.2, 0.25) is 11.8 Å². The zero-order valence-corrected chi connectivity index (χ0v) is 18.9. The van der Waals surface area contributed by atoms with Gasteiger partial charge in [0.05, 0.1) is 11.6 Å². The number of nitrogens with one attached hydrogen (secondary N) is 1. The third-order valence-corrected chi connectivity index (χ3v) is 6.12. The number of piperidine rings is 1. The van der Waals surface area contributed by atoms with E-state index in [0.717, 1.165) is 48.5 Å². The number of likely N-dealkylation sites (tertiary alicyclic amines) is 1. The molecule has 0 saturated carbocycles. The van der Waals surface area contributed by atoms with Gasteiger partial charge in [-0.2, -0.15) is 0 Å². The van der Waals surface area contributed by atoms with Crippen LogP contribution in [0.1, 0.15) is 29.9 Å². The predicted octanol–water partition coefficient (Wildman–Crippen LogP) is 5.49. The highest BCUT2D eigenvalue weighted by Gasteiger charge is 2.27. The molecule has 4 rings (SSSR count). The average molecular weight is 458 g/mol. The molecule has 2 heterocycles. The summed E-state index contributed by atoms with van der Waals surface area (Å²) in [7, 11) is 0. The molecule has 0 radical (unpaired) electrons. The molecule has 1 N–H and O–H groups in total. The molecular weight excluding hydrogens is 433 g/mol. The molecule has 7 heteroatoms. The van der Waals surface area contributed by atoms with Gasteiger partial charge in [-0.1, -0.05) is 35.3 Å². The quantitative estimate of drug-likeness (QED) is 0.531. The summed E-state index contributed by atoms with van der Waals surface area (Å²) in [4.78, 5) is 19.7. The average Bonchev–Trinajstić information content (AvgIpc) is 3.14. The van der Waals surface area contributed by atoms with Crippen molar-refractivity contribution in [3.8, 4) is 11.5 Å². The van der Waals surface area contributed by atoms with E-state index in [2.05, 4.69) is 10.2 Å². The zero-order valence-electron chi connectivity index (χ0n) is 17.4. The molecule has 1 aromatic heterocycles. The van der Waals surface area contributed by atoms with Gasteiger partial charge in [-0.3, -0.25) is 9.69 Å². The van der Waals surface area contributed by atoms with E-state index in [0.29, 0.717) is 29.0 Å². The van der Waals surface area contributed by atoms with Crippen molar-refractivity contribution in [3.05, 3.63) is 75.6 Å². The van der Waals surface area contributed by atoms with Gasteiger partial charge in [0, 0.05) is 35.2 Å². The van der Waals surface area contributed by atoms with Crippen molar-refractivity contribution >= 4 is 29.1 Å². The highest BCUT2D eigenvalue weighted by Crippen LogP contribution is 2.25. The first-order chi connectivity index (χ1) is 15.0. The summed E-state index contributed by atoms with van der Waals surface area (Å²) in [6.45, 7) is 4.78. The zero-order chi connectivity index (χ0) is 21.8. The van der Waals surface area contributed by atoms with Crippen LogP contribution in [-0.4, -0.2) is 28.9 Å². The van der Waals surface area contributed by atoms with E-state index >= 15 is 0 Å². The van der Waals surface area contributed by atoms with Crippen LogP contribution in [0.25, 0.3) is 11.5 Å². The lowest BCUT2D eigenvalue weighted by atomic mass is 9.97. The Kier molecular flexibility index (Phi) is 6.96. The van der Waals surface area contributed by atoms with E-state index in [1.54, 1.807) is 0 Å². The molecule has 162 valence electrons. The minimum atomic E-state index is -0.0241. The largest absolute Gasteiger partial charge is 0.441 e. The first-order valence-electron chi connectivity index (χ1n) is 10.4. The van der Waals surface area contributed by atoms with E-state index in [4.69, 9.17) is 32.6 Å². The maximum atomic E-state index is 12.7. The molecule has 1 saturated heterocycles. The second-order valence-electron chi connectivity index (χ2n) is 7.95. The first-order valence-corrected chi connectivity index (χ1v) is 11.2. The molecule has 5 nitrogen and oxygen atoms in total. The highest BCUT2D eigenvalue weighted by atomic mass is 35.5. The van der Waals surface area contributed by atoms with Crippen molar-refractivity contribution in [2.24, 2.45) is 5.92 Å². The maximum absolute atomic E-state index is 12.7. The summed E-state index contributed by atoms with van der Waals surface area (Å²) < 4.78 is 5.88. The van der Waals surface area contributed by atoms with E-state index in [1.807, 2.05) is 55.5 Å². The molecular formula is C24H25Cl2N3O2. The third kappa shape index (κ3) is 5.67. The second-order valence-corrected chi connectivity index (χ2v) is 8.82. The van der Waals surface area contributed by atoms with Gasteiger partial charge in [-0.25, -0.2) is 4.98 Å². The summed E-state index contributed by atoms with van der Waals surface area (Å²) >= 11 is 11.9. The number of halogens is 2. The summed E-state index contributed by atoms with van der Waals surface area (Å²) in [6, 6.07) is 15.0. The number of benzene rings is 2. The lowest BCUT2D eigenvalue weighted by molar-refractivity contribution is -0.127. The smallest absolute Gasteiger partial charge is 0.226 e. The lowest BCUT2D eigenvalue weighted by Gasteiger charge is -2.31. The lowest BCUT2D eigenvalue weighted by Crippen LogP contribution is -2.42. The molecule has 1 amide bonds. The van der Waals surface area contributed by atoms with E-state index < -0.39 is 0 Å². The Morgan fingerprint density at radius 1 is 1.13 bits per heavy atom. The fourth-order valence-electron chi connectivity index (χ4n) is 3.85. The van der Waals surface area contributed by atoms with Gasteiger partial charge in [0.1, 0.15) is 5.76 Å². The number of amides is 1. The Hall–Kier alpha value is -2.34. The van der Waals surface area contributed by atoms with Crippen LogP contribution in [0.4, 0.5) is 0 Å². The summed E-state index contributed by atoms with van der Waals surface area (Å²) in [5.41, 5.74) is 2.85. The van der Waals surface area contributed by atoms with E-state index in [9.17, 15) is 4.79 Å². The van der Waals surface area contributed by atoms with Gasteiger partial charge in [-0.05, 0) is 68.3 Å². The monoisotopic (exact) mass is 457 g/mol. The van der Waals surface area contributed by atoms with Crippen molar-refractivity contribution in [2.75, 3.05) is 13.1 Å². The number of hydrogen-bond donors (Lipinski definition) is 1. The normalized spacial score (nSPS) is 16.9. The van der Waals surface area contributed by atoms with Crippen molar-refractivity contribution in [1.29, 1.82) is 0 Å². The van der Waals surface area contributed by atoms with Crippen LogP contribution in [0.15, 0.2) is 52.9 Å². The highest BCUT2D eigenvalue weighted by molar-refractivity contribution is 6.30. The Bertz CT molecular complexity index is 1030. The Morgan fingerprint density at radius 2 is 1.81 bits per heavy atom. The first kappa shape index (κ1) is 21.9. The summed E-state index contributed by atoms with van der Waals surface area (Å²) in [6.07, 6.45) is 1.89. The van der Waals surface area contributed by atoms with Gasteiger partial charge >= 0.3 is 0 Å². The van der Waals surface area contributed by atoms with Crippen molar-refractivity contribution < 1.29 is 9.21 Å². The maximum Gasteiger partial charge on any atom is 0.226 e. The molecule has 1 fully saturated rings. The molecule has 0 spiro atoms. The number of aryl methyl sites for hydroxylation is 1.